The lowest BCUT2D eigenvalue weighted by Gasteiger charge is -2.30. The fourth-order valence-corrected chi connectivity index (χ4v) is 5.80. The summed E-state index contributed by atoms with van der Waals surface area (Å²) >= 11 is 5.91. The number of fused-ring (bicyclic) bond motifs is 1. The summed E-state index contributed by atoms with van der Waals surface area (Å²) in [7, 11) is 1.62. The number of methoxy groups -OCH3 is 1. The minimum Gasteiger partial charge on any atom is -0.497 e. The molecule has 9 heteroatoms. The van der Waals surface area contributed by atoms with Crippen molar-refractivity contribution >= 4 is 39.7 Å². The van der Waals surface area contributed by atoms with Crippen LogP contribution in [0, 0.1) is 17.2 Å². The molecule has 5 aromatic rings. The number of thiocarbonyl (C=S) groups is 1. The highest BCUT2D eigenvalue weighted by atomic mass is 32.1. The first-order valence-corrected chi connectivity index (χ1v) is 16.3. The van der Waals surface area contributed by atoms with Gasteiger partial charge in [-0.2, -0.15) is 5.26 Å². The summed E-state index contributed by atoms with van der Waals surface area (Å²) in [4.78, 5) is 19.4. The van der Waals surface area contributed by atoms with Crippen LogP contribution < -0.4 is 15.5 Å². The molecule has 1 unspecified atom stereocenters. The van der Waals surface area contributed by atoms with Crippen molar-refractivity contribution in [2.24, 2.45) is 5.92 Å². The molecule has 0 radical (unpaired) electrons. The van der Waals surface area contributed by atoms with Crippen molar-refractivity contribution in [2.75, 3.05) is 19.0 Å². The first-order chi connectivity index (χ1) is 22.9. The van der Waals surface area contributed by atoms with Crippen molar-refractivity contribution < 1.29 is 9.53 Å². The van der Waals surface area contributed by atoms with E-state index in [9.17, 15) is 10.1 Å². The number of amides is 1. The van der Waals surface area contributed by atoms with Gasteiger partial charge in [0.1, 0.15) is 5.75 Å². The van der Waals surface area contributed by atoms with Crippen molar-refractivity contribution in [1.82, 2.24) is 20.0 Å². The minimum atomic E-state index is -0.617. The molecule has 1 heterocycles. The van der Waals surface area contributed by atoms with Crippen molar-refractivity contribution in [3.8, 4) is 11.8 Å². The van der Waals surface area contributed by atoms with Crippen LogP contribution in [-0.2, 0) is 17.8 Å². The maximum absolute atomic E-state index is 14.9. The number of hydrazine groups is 1. The third-order valence-corrected chi connectivity index (χ3v) is 8.79. The number of nitriles is 1. The molecule has 8 nitrogen and oxygen atoms in total. The van der Waals surface area contributed by atoms with Crippen LogP contribution in [0.15, 0.2) is 104 Å². The number of anilines is 1. The van der Waals surface area contributed by atoms with Crippen LogP contribution in [0.25, 0.3) is 10.8 Å². The molecule has 1 aromatic heterocycles. The van der Waals surface area contributed by atoms with E-state index in [1.165, 1.54) is 5.01 Å². The lowest BCUT2D eigenvalue weighted by atomic mass is 9.92. The van der Waals surface area contributed by atoms with Gasteiger partial charge in [0.2, 0.25) is 0 Å². The fourth-order valence-electron chi connectivity index (χ4n) is 5.53. The van der Waals surface area contributed by atoms with E-state index in [2.05, 4.69) is 59.9 Å². The van der Waals surface area contributed by atoms with Crippen LogP contribution in [0.5, 0.6) is 5.75 Å². The molecule has 0 saturated heterocycles. The summed E-state index contributed by atoms with van der Waals surface area (Å²) in [6.07, 6.45) is 5.90. The number of nitrogens with one attached hydrogen (secondary N) is 2. The molecule has 0 fully saturated rings. The minimum absolute atomic E-state index is 0.185. The lowest BCUT2D eigenvalue weighted by molar-refractivity contribution is -0.131. The van der Waals surface area contributed by atoms with Gasteiger partial charge in [-0.25, -0.2) is 15.4 Å². The molecule has 1 amide bonds. The largest absolute Gasteiger partial charge is 0.497 e. The van der Waals surface area contributed by atoms with Crippen molar-refractivity contribution in [2.45, 2.75) is 45.6 Å². The van der Waals surface area contributed by atoms with Crippen LogP contribution >= 0.6 is 12.2 Å². The summed E-state index contributed by atoms with van der Waals surface area (Å²) in [5.41, 5.74) is 7.54. The number of rotatable bonds is 13. The van der Waals surface area contributed by atoms with Crippen molar-refractivity contribution in [3.63, 3.8) is 0 Å². The average Bonchev–Trinajstić information content (AvgIpc) is 3.56. The van der Waals surface area contributed by atoms with Gasteiger partial charge in [-0.15, -0.1) is 0 Å². The number of benzene rings is 4. The Morgan fingerprint density at radius 3 is 2.51 bits per heavy atom. The molecule has 0 saturated carbocycles. The summed E-state index contributed by atoms with van der Waals surface area (Å²) in [6.45, 7) is 5.44. The molecular formula is C38H40N6O2S. The van der Waals surface area contributed by atoms with Gasteiger partial charge >= 0.3 is 0 Å². The van der Waals surface area contributed by atoms with Crippen LogP contribution in [0.2, 0.25) is 0 Å². The summed E-state index contributed by atoms with van der Waals surface area (Å²) in [5, 5.41) is 16.5. The van der Waals surface area contributed by atoms with E-state index < -0.39 is 5.92 Å². The van der Waals surface area contributed by atoms with Gasteiger partial charge in [-0.1, -0.05) is 74.9 Å². The Morgan fingerprint density at radius 1 is 1.04 bits per heavy atom. The van der Waals surface area contributed by atoms with Crippen molar-refractivity contribution in [1.29, 1.82) is 5.26 Å². The highest BCUT2D eigenvalue weighted by Gasteiger charge is 2.32. The van der Waals surface area contributed by atoms with E-state index in [1.807, 2.05) is 59.2 Å². The standard InChI is InChI=1S/C38H40N6O2S/c1-4-27(2)20-21-41-44(38(47)42-32-16-18-33(46-3)19-17-32)37(45)35(22-31-10-7-9-30-8-5-6-11-34(30)31)36-24-40-26-43(36)25-29-14-12-28(23-39)13-15-29/h5-19,24,26-27,35,41H,4,20-22,25H2,1-3H3,(H,42,47)/t27-,35?/m0/s1. The SMILES string of the molecule is CC[C@H](C)CCNN(C(=O)C(Cc1cccc2ccccc12)c1cncn1Cc1ccc(C#N)cc1)C(=S)Nc1ccc(OC)cc1. The Morgan fingerprint density at radius 2 is 1.79 bits per heavy atom. The number of hydrogen-bond acceptors (Lipinski definition) is 6. The predicted molar refractivity (Wildman–Crippen MR) is 191 cm³/mol. The number of aromatic nitrogens is 2. The van der Waals surface area contributed by atoms with Crippen molar-refractivity contribution in [3.05, 3.63) is 126 Å². The van der Waals surface area contributed by atoms with Gasteiger partial charge < -0.3 is 14.6 Å². The zero-order valence-corrected chi connectivity index (χ0v) is 27.8. The van der Waals surface area contributed by atoms with Crippen LogP contribution in [-0.4, -0.2) is 39.2 Å². The second-order valence-electron chi connectivity index (χ2n) is 11.7. The molecule has 240 valence electrons. The highest BCUT2D eigenvalue weighted by Crippen LogP contribution is 2.29. The maximum atomic E-state index is 14.9. The number of carbonyl (C=O) groups excluding carboxylic acids is 1. The third kappa shape index (κ3) is 8.41. The average molecular weight is 645 g/mol. The third-order valence-electron chi connectivity index (χ3n) is 8.51. The predicted octanol–water partition coefficient (Wildman–Crippen LogP) is 7.46. The van der Waals surface area contributed by atoms with Gasteiger partial charge in [0, 0.05) is 25.0 Å². The summed E-state index contributed by atoms with van der Waals surface area (Å²) < 4.78 is 7.32. The van der Waals surface area contributed by atoms with Gasteiger partial charge in [0.05, 0.1) is 36.7 Å². The number of ether oxygens (including phenoxy) is 1. The smallest absolute Gasteiger partial charge is 0.252 e. The molecule has 0 spiro atoms. The number of hydrogen-bond donors (Lipinski definition) is 2. The molecule has 0 aliphatic heterocycles. The zero-order chi connectivity index (χ0) is 33.2. The monoisotopic (exact) mass is 644 g/mol. The molecule has 5 rings (SSSR count). The number of nitrogens with zero attached hydrogens (tertiary/aromatic N) is 4. The quantitative estimate of drug-likeness (QED) is 0.102. The Kier molecular flexibility index (Phi) is 11.3. The van der Waals surface area contributed by atoms with Gasteiger partial charge in [-0.3, -0.25) is 4.79 Å². The van der Waals surface area contributed by atoms with E-state index in [-0.39, 0.29) is 11.0 Å². The summed E-state index contributed by atoms with van der Waals surface area (Å²) in [5.74, 6) is 0.415. The van der Waals surface area contributed by atoms with Gasteiger partial charge in [0.25, 0.3) is 5.91 Å². The second kappa shape index (κ2) is 16.0. The Bertz CT molecular complexity index is 1840. The van der Waals surface area contributed by atoms with E-state index in [4.69, 9.17) is 17.0 Å². The molecular weight excluding hydrogens is 605 g/mol. The highest BCUT2D eigenvalue weighted by molar-refractivity contribution is 7.80. The molecule has 2 atom stereocenters. The second-order valence-corrected chi connectivity index (χ2v) is 12.1. The van der Waals surface area contributed by atoms with E-state index in [0.29, 0.717) is 31.0 Å². The maximum Gasteiger partial charge on any atom is 0.252 e. The molecule has 47 heavy (non-hydrogen) atoms. The fraction of sp³-hybridized carbons (Fsp3) is 0.263. The van der Waals surface area contributed by atoms with Crippen LogP contribution in [0.1, 0.15) is 55.0 Å². The number of imidazole rings is 1. The zero-order valence-electron chi connectivity index (χ0n) is 27.0. The normalized spacial score (nSPS) is 12.2. The summed E-state index contributed by atoms with van der Waals surface area (Å²) in [6, 6.07) is 31.5. The van der Waals surface area contributed by atoms with E-state index >= 15 is 0 Å². The van der Waals surface area contributed by atoms with Gasteiger partial charge in [-0.05, 0) is 89.3 Å². The van der Waals surface area contributed by atoms with Crippen LogP contribution in [0.3, 0.4) is 0 Å². The molecule has 2 N–H and O–H groups in total. The topological polar surface area (TPSA) is 95.2 Å². The molecule has 0 bridgehead atoms. The van der Waals surface area contributed by atoms with Crippen LogP contribution in [0.4, 0.5) is 5.69 Å². The Hall–Kier alpha value is -5.04. The first kappa shape index (κ1) is 33.3. The lowest BCUT2D eigenvalue weighted by Crippen LogP contribution is -2.51. The molecule has 0 aliphatic rings. The van der Waals surface area contributed by atoms with E-state index in [1.54, 1.807) is 31.8 Å². The number of carbonyl (C=O) groups is 1. The Balaban J connectivity index is 1.52. The van der Waals surface area contributed by atoms with Gasteiger partial charge in [0.15, 0.2) is 5.11 Å². The Labute approximate surface area is 282 Å². The first-order valence-electron chi connectivity index (χ1n) is 15.9. The van der Waals surface area contributed by atoms with E-state index in [0.717, 1.165) is 51.9 Å². The molecule has 4 aromatic carbocycles. The molecule has 0 aliphatic carbocycles.